The number of benzene rings is 10. The summed E-state index contributed by atoms with van der Waals surface area (Å²) in [7, 11) is -0.784. The Morgan fingerprint density at radius 3 is 1.18 bits per heavy atom. The Labute approximate surface area is 437 Å². The van der Waals surface area contributed by atoms with E-state index in [1.165, 1.54) is 99.4 Å². The van der Waals surface area contributed by atoms with Gasteiger partial charge >= 0.3 is 14.2 Å². The van der Waals surface area contributed by atoms with E-state index in [9.17, 15) is 0 Å². The van der Waals surface area contributed by atoms with Gasteiger partial charge in [0.05, 0.1) is 22.4 Å². The molecule has 6 heteroatoms. The van der Waals surface area contributed by atoms with Gasteiger partial charge in [0.2, 0.25) is 0 Å². The summed E-state index contributed by atoms with van der Waals surface area (Å²) in [6.45, 7) is 16.8. The maximum absolute atomic E-state index is 6.50. The largest absolute Gasteiger partial charge is 0.495 e. The second-order valence-electron chi connectivity index (χ2n) is 22.0. The van der Waals surface area contributed by atoms with Crippen LogP contribution < -0.4 is 10.9 Å². The predicted molar refractivity (Wildman–Crippen MR) is 311 cm³/mol. The van der Waals surface area contributed by atoms with E-state index in [-0.39, 0.29) is 29.5 Å². The lowest BCUT2D eigenvalue weighted by Crippen LogP contribution is -2.41. The molecule has 2 saturated heterocycles. The molecule has 2 fully saturated rings. The third-order valence-electron chi connectivity index (χ3n) is 16.5. The molecule has 0 radical (unpaired) electrons. The van der Waals surface area contributed by atoms with Crippen LogP contribution in [0.1, 0.15) is 55.4 Å². The van der Waals surface area contributed by atoms with Gasteiger partial charge in [0.1, 0.15) is 0 Å². The molecule has 3 aliphatic rings. The van der Waals surface area contributed by atoms with Crippen LogP contribution in [0.5, 0.6) is 0 Å². The SMILES string of the molecule is CC1(C)OB(c2ccc(-c3ccccc3-c3ccccc3)c3ccccc23)OC1(C)C.CC1(C)OB(c2ccc3c4c(cccc24)-c2ccc(-c4c(-c5ccccc5)cccc4-c4ccccc4)cc2-3)OC1(C)C. The number of fused-ring (bicyclic) bond motifs is 4. The molecule has 10 aromatic carbocycles. The van der Waals surface area contributed by atoms with Crippen molar-refractivity contribution in [3.63, 3.8) is 0 Å². The zero-order chi connectivity index (χ0) is 51.0. The van der Waals surface area contributed by atoms with Crippen molar-refractivity contribution in [3.8, 4) is 77.9 Å². The standard InChI is InChI=1S/C40H33BO2.C28H27BO2/c1-39(2)40(3,4)43-41(42-39)36-24-23-33-35-25-28(21-22-31(35)32-19-12-20-34(36)38(32)33)37-29(26-13-7-5-8-14-26)17-11-18-30(37)27-15-9-6-10-16-27;1-27(2)28(3,4)31-29(30-27)26-19-18-24(23-16-10-11-17-25(23)26)22-15-9-8-14-21(22)20-12-6-5-7-13-20/h5-25H,1-4H3;5-19H,1-4H3. The summed E-state index contributed by atoms with van der Waals surface area (Å²) < 4.78 is 25.8. The van der Waals surface area contributed by atoms with Gasteiger partial charge in [-0.3, -0.25) is 0 Å². The van der Waals surface area contributed by atoms with Crippen LogP contribution in [0, 0.1) is 0 Å². The molecule has 0 aromatic heterocycles. The van der Waals surface area contributed by atoms with E-state index >= 15 is 0 Å². The smallest absolute Gasteiger partial charge is 0.399 e. The van der Waals surface area contributed by atoms with Crippen LogP contribution in [0.4, 0.5) is 0 Å². The molecule has 2 aliphatic heterocycles. The molecule has 2 heterocycles. The lowest BCUT2D eigenvalue weighted by Gasteiger charge is -2.32. The van der Waals surface area contributed by atoms with Gasteiger partial charge in [-0.1, -0.05) is 212 Å². The zero-order valence-electron chi connectivity index (χ0n) is 43.6. The molecule has 74 heavy (non-hydrogen) atoms. The molecule has 0 bridgehead atoms. The van der Waals surface area contributed by atoms with E-state index in [0.29, 0.717) is 0 Å². The van der Waals surface area contributed by atoms with Gasteiger partial charge in [-0.2, -0.15) is 0 Å². The topological polar surface area (TPSA) is 36.9 Å². The van der Waals surface area contributed by atoms with Crippen LogP contribution in [-0.4, -0.2) is 36.6 Å². The quantitative estimate of drug-likeness (QED) is 0.149. The molecule has 4 nitrogen and oxygen atoms in total. The first kappa shape index (κ1) is 47.7. The Bertz CT molecular complexity index is 3660. The molecule has 0 spiro atoms. The second kappa shape index (κ2) is 18.3. The minimum atomic E-state index is -0.403. The highest BCUT2D eigenvalue weighted by Gasteiger charge is 2.53. The van der Waals surface area contributed by atoms with E-state index in [1.807, 2.05) is 0 Å². The van der Waals surface area contributed by atoms with Crippen LogP contribution in [0.25, 0.3) is 99.4 Å². The Kier molecular flexibility index (Phi) is 11.8. The van der Waals surface area contributed by atoms with E-state index in [0.717, 1.165) is 10.9 Å². The van der Waals surface area contributed by atoms with E-state index in [4.69, 9.17) is 18.6 Å². The molecule has 1 aliphatic carbocycles. The second-order valence-corrected chi connectivity index (χ2v) is 22.0. The van der Waals surface area contributed by atoms with Gasteiger partial charge in [-0.15, -0.1) is 0 Å². The lowest BCUT2D eigenvalue weighted by atomic mass is 9.74. The van der Waals surface area contributed by atoms with Crippen LogP contribution in [0.3, 0.4) is 0 Å². The highest BCUT2D eigenvalue weighted by Crippen LogP contribution is 2.50. The minimum absolute atomic E-state index is 0.364. The summed E-state index contributed by atoms with van der Waals surface area (Å²) in [5.74, 6) is 0. The van der Waals surface area contributed by atoms with Crippen molar-refractivity contribution in [2.24, 2.45) is 0 Å². The number of hydrogen-bond acceptors (Lipinski definition) is 4. The minimum Gasteiger partial charge on any atom is -0.399 e. The summed E-state index contributed by atoms with van der Waals surface area (Å²) in [6.07, 6.45) is 0. The Morgan fingerprint density at radius 1 is 0.257 bits per heavy atom. The van der Waals surface area contributed by atoms with Gasteiger partial charge in [-0.25, -0.2) is 0 Å². The van der Waals surface area contributed by atoms with Gasteiger partial charge in [0, 0.05) is 0 Å². The molecule has 0 amide bonds. The van der Waals surface area contributed by atoms with Crippen molar-refractivity contribution >= 4 is 46.7 Å². The first-order chi connectivity index (χ1) is 35.7. The monoisotopic (exact) mass is 962 g/mol. The third-order valence-corrected chi connectivity index (χ3v) is 16.5. The fraction of sp³-hybridized carbons (Fsp3) is 0.176. The predicted octanol–water partition coefficient (Wildman–Crippen LogP) is 16.3. The zero-order valence-corrected chi connectivity index (χ0v) is 43.6. The van der Waals surface area contributed by atoms with Crippen molar-refractivity contribution in [1.29, 1.82) is 0 Å². The molecule has 10 aromatic rings. The van der Waals surface area contributed by atoms with Crippen LogP contribution in [-0.2, 0) is 18.6 Å². The summed E-state index contributed by atoms with van der Waals surface area (Å²) in [6, 6.07) is 78.3. The average molecular weight is 963 g/mol. The molecule has 0 N–H and O–H groups in total. The van der Waals surface area contributed by atoms with Gasteiger partial charge < -0.3 is 18.6 Å². The molecular formula is C68H60B2O4. The fourth-order valence-electron chi connectivity index (χ4n) is 11.1. The fourth-order valence-corrected chi connectivity index (χ4v) is 11.1. The molecule has 0 unspecified atom stereocenters. The summed E-state index contributed by atoms with van der Waals surface area (Å²) in [5.41, 5.74) is 18.0. The molecule has 362 valence electrons. The van der Waals surface area contributed by atoms with Gasteiger partial charge in [0.15, 0.2) is 0 Å². The number of hydrogen-bond donors (Lipinski definition) is 0. The van der Waals surface area contributed by atoms with Gasteiger partial charge in [0.25, 0.3) is 0 Å². The lowest BCUT2D eigenvalue weighted by molar-refractivity contribution is 0.00578. The van der Waals surface area contributed by atoms with Crippen molar-refractivity contribution in [1.82, 2.24) is 0 Å². The van der Waals surface area contributed by atoms with Crippen LogP contribution in [0.2, 0.25) is 0 Å². The van der Waals surface area contributed by atoms with Crippen molar-refractivity contribution in [2.45, 2.75) is 77.8 Å². The van der Waals surface area contributed by atoms with Crippen molar-refractivity contribution in [2.75, 3.05) is 0 Å². The molecular weight excluding hydrogens is 902 g/mol. The van der Waals surface area contributed by atoms with Gasteiger partial charge in [-0.05, 0) is 172 Å². The first-order valence-corrected chi connectivity index (χ1v) is 26.0. The summed E-state index contributed by atoms with van der Waals surface area (Å²) >= 11 is 0. The maximum atomic E-state index is 6.50. The maximum Gasteiger partial charge on any atom is 0.495 e. The third kappa shape index (κ3) is 8.13. The van der Waals surface area contributed by atoms with Crippen LogP contribution >= 0.6 is 0 Å². The number of rotatable bonds is 7. The Morgan fingerprint density at radius 2 is 0.622 bits per heavy atom. The Balaban J connectivity index is 0.000000159. The van der Waals surface area contributed by atoms with E-state index in [2.05, 4.69) is 274 Å². The van der Waals surface area contributed by atoms with E-state index < -0.39 is 7.12 Å². The van der Waals surface area contributed by atoms with Crippen molar-refractivity contribution in [3.05, 3.63) is 218 Å². The molecule has 0 atom stereocenters. The summed E-state index contributed by atoms with van der Waals surface area (Å²) in [4.78, 5) is 0. The molecule has 0 saturated carbocycles. The highest BCUT2D eigenvalue weighted by atomic mass is 16.7. The summed E-state index contributed by atoms with van der Waals surface area (Å²) in [5, 5.41) is 4.85. The van der Waals surface area contributed by atoms with Crippen LogP contribution in [0.15, 0.2) is 218 Å². The normalized spacial score (nSPS) is 16.5. The Hall–Kier alpha value is -7.31. The average Bonchev–Trinajstić information content (AvgIpc) is 3.95. The van der Waals surface area contributed by atoms with Crippen molar-refractivity contribution < 1.29 is 18.6 Å². The first-order valence-electron chi connectivity index (χ1n) is 26.0. The molecule has 13 rings (SSSR count). The van der Waals surface area contributed by atoms with E-state index in [1.54, 1.807) is 0 Å². The highest BCUT2D eigenvalue weighted by molar-refractivity contribution is 6.66.